The van der Waals surface area contributed by atoms with E-state index in [1.54, 1.807) is 5.01 Å². The topological polar surface area (TPSA) is 35.9 Å². The van der Waals surface area contributed by atoms with Gasteiger partial charge in [-0.15, -0.1) is 0 Å². The van der Waals surface area contributed by atoms with Gasteiger partial charge in [0.15, 0.2) is 0 Å². The number of piperidine rings is 1. The number of nitrogens with zero attached hydrogens (tertiary/aromatic N) is 3. The number of amides is 1. The number of aryl methyl sites for hydroxylation is 2. The fourth-order valence-electron chi connectivity index (χ4n) is 4.31. The molecule has 2 aliphatic rings. The lowest BCUT2D eigenvalue weighted by molar-refractivity contribution is -0.134. The minimum absolute atomic E-state index is 0.0494. The van der Waals surface area contributed by atoms with Gasteiger partial charge in [-0.1, -0.05) is 48.9 Å². The lowest BCUT2D eigenvalue weighted by atomic mass is 9.96. The summed E-state index contributed by atoms with van der Waals surface area (Å²) in [5.41, 5.74) is 5.48. The molecule has 2 aromatic rings. The van der Waals surface area contributed by atoms with Gasteiger partial charge in [0.25, 0.3) is 5.91 Å². The van der Waals surface area contributed by atoms with Crippen LogP contribution in [0.2, 0.25) is 5.02 Å². The zero-order chi connectivity index (χ0) is 21.3. The Bertz CT molecular complexity index is 963. The van der Waals surface area contributed by atoms with Gasteiger partial charge in [-0.05, 0) is 80.1 Å². The van der Waals surface area contributed by atoms with E-state index < -0.39 is 0 Å². The van der Waals surface area contributed by atoms with Gasteiger partial charge in [0.05, 0.1) is 18.3 Å². The Hall–Kier alpha value is -2.17. The number of likely N-dealkylation sites (tertiary alicyclic amines) is 1. The molecule has 0 aliphatic carbocycles. The molecule has 30 heavy (non-hydrogen) atoms. The molecule has 0 radical (unpaired) electrons. The third-order valence-electron chi connectivity index (χ3n) is 6.51. The Morgan fingerprint density at radius 1 is 1.10 bits per heavy atom. The molecule has 2 heterocycles. The van der Waals surface area contributed by atoms with Crippen molar-refractivity contribution in [1.29, 1.82) is 0 Å². The van der Waals surface area contributed by atoms with Crippen LogP contribution in [0.4, 0.5) is 0 Å². The molecule has 0 spiro atoms. The molecule has 0 bridgehead atoms. The minimum atomic E-state index is -0.161. The predicted octanol–water partition coefficient (Wildman–Crippen LogP) is 5.37. The summed E-state index contributed by atoms with van der Waals surface area (Å²) in [7, 11) is 0. The van der Waals surface area contributed by atoms with Gasteiger partial charge in [0.1, 0.15) is 0 Å². The third kappa shape index (κ3) is 4.45. The fraction of sp³-hybridized carbons (Fsp3) is 0.440. The van der Waals surface area contributed by atoms with E-state index in [9.17, 15) is 4.79 Å². The molecule has 1 fully saturated rings. The number of hydrogen-bond donors (Lipinski definition) is 0. The first-order valence-corrected chi connectivity index (χ1v) is 11.2. The number of rotatable bonds is 4. The Kier molecular flexibility index (Phi) is 6.26. The van der Waals surface area contributed by atoms with E-state index in [1.807, 2.05) is 24.3 Å². The van der Waals surface area contributed by atoms with E-state index in [2.05, 4.69) is 43.9 Å². The lowest BCUT2D eigenvalue weighted by Gasteiger charge is -2.31. The quantitative estimate of drug-likeness (QED) is 0.663. The Labute approximate surface area is 184 Å². The molecule has 2 aliphatic heterocycles. The van der Waals surface area contributed by atoms with E-state index in [0.29, 0.717) is 18.0 Å². The molecule has 0 unspecified atom stereocenters. The van der Waals surface area contributed by atoms with Gasteiger partial charge >= 0.3 is 0 Å². The SMILES string of the molecule is Cc1ccc(C2=NN(C(=O)CN3CCC(C)CC3)[C@@H](c3ccccc3Cl)C2)cc1C. The molecule has 5 heteroatoms. The van der Waals surface area contributed by atoms with Crippen LogP contribution in [0.5, 0.6) is 0 Å². The molecule has 4 nitrogen and oxygen atoms in total. The molecule has 0 saturated carbocycles. The molecule has 2 aromatic carbocycles. The van der Waals surface area contributed by atoms with Crippen LogP contribution in [0, 0.1) is 19.8 Å². The average Bonchev–Trinajstić information content (AvgIpc) is 3.17. The smallest absolute Gasteiger partial charge is 0.257 e. The van der Waals surface area contributed by atoms with Crippen molar-refractivity contribution < 1.29 is 4.79 Å². The first-order chi connectivity index (χ1) is 14.4. The molecule has 1 amide bonds. The van der Waals surface area contributed by atoms with E-state index in [-0.39, 0.29) is 11.9 Å². The molecule has 4 rings (SSSR count). The summed E-state index contributed by atoms with van der Waals surface area (Å²) in [6.45, 7) is 8.87. The van der Waals surface area contributed by atoms with Crippen LogP contribution < -0.4 is 0 Å². The maximum absolute atomic E-state index is 13.3. The second-order valence-electron chi connectivity index (χ2n) is 8.78. The highest BCUT2D eigenvalue weighted by molar-refractivity contribution is 6.31. The predicted molar refractivity (Wildman–Crippen MR) is 123 cm³/mol. The maximum atomic E-state index is 13.3. The molecule has 0 N–H and O–H groups in total. The largest absolute Gasteiger partial charge is 0.294 e. The van der Waals surface area contributed by atoms with Crippen LogP contribution in [-0.4, -0.2) is 41.2 Å². The van der Waals surface area contributed by atoms with Crippen molar-refractivity contribution in [3.05, 3.63) is 69.7 Å². The molecule has 1 atom stereocenters. The first kappa shape index (κ1) is 21.1. The summed E-state index contributed by atoms with van der Waals surface area (Å²) in [6.07, 6.45) is 2.98. The number of carbonyl (C=O) groups is 1. The molecular formula is C25H30ClN3O. The summed E-state index contributed by atoms with van der Waals surface area (Å²) >= 11 is 6.52. The lowest BCUT2D eigenvalue weighted by Crippen LogP contribution is -2.41. The van der Waals surface area contributed by atoms with Crippen LogP contribution in [0.3, 0.4) is 0 Å². The number of benzene rings is 2. The van der Waals surface area contributed by atoms with E-state index in [0.717, 1.165) is 48.7 Å². The normalized spacial score (nSPS) is 20.5. The van der Waals surface area contributed by atoms with Crippen molar-refractivity contribution in [1.82, 2.24) is 9.91 Å². The number of halogens is 1. The van der Waals surface area contributed by atoms with Crippen molar-refractivity contribution in [2.75, 3.05) is 19.6 Å². The Morgan fingerprint density at radius 3 is 2.53 bits per heavy atom. The minimum Gasteiger partial charge on any atom is -0.294 e. The van der Waals surface area contributed by atoms with E-state index >= 15 is 0 Å². The monoisotopic (exact) mass is 423 g/mol. The highest BCUT2D eigenvalue weighted by atomic mass is 35.5. The number of hydrazone groups is 1. The highest BCUT2D eigenvalue weighted by Gasteiger charge is 2.35. The van der Waals surface area contributed by atoms with Crippen LogP contribution in [0.15, 0.2) is 47.6 Å². The van der Waals surface area contributed by atoms with Gasteiger partial charge in [0.2, 0.25) is 0 Å². The van der Waals surface area contributed by atoms with E-state index in [1.165, 1.54) is 11.1 Å². The second-order valence-corrected chi connectivity index (χ2v) is 9.19. The standard InChI is InChI=1S/C25H30ClN3O/c1-17-10-12-28(13-11-17)16-25(30)29-24(21-6-4-5-7-22(21)26)15-23(27-29)20-9-8-18(2)19(3)14-20/h4-9,14,17,24H,10-13,15-16H2,1-3H3/t24-/m1/s1. The summed E-state index contributed by atoms with van der Waals surface area (Å²) < 4.78 is 0. The Balaban J connectivity index is 1.61. The molecule has 0 aromatic heterocycles. The maximum Gasteiger partial charge on any atom is 0.257 e. The van der Waals surface area contributed by atoms with Crippen LogP contribution in [0.1, 0.15) is 54.5 Å². The van der Waals surface area contributed by atoms with Crippen molar-refractivity contribution in [3.8, 4) is 0 Å². The third-order valence-corrected chi connectivity index (χ3v) is 6.85. The zero-order valence-corrected chi connectivity index (χ0v) is 18.8. The average molecular weight is 424 g/mol. The van der Waals surface area contributed by atoms with Gasteiger partial charge in [-0.3, -0.25) is 9.69 Å². The molecule has 158 valence electrons. The van der Waals surface area contributed by atoms with Crippen molar-refractivity contribution >= 4 is 23.2 Å². The zero-order valence-electron chi connectivity index (χ0n) is 18.1. The van der Waals surface area contributed by atoms with Crippen LogP contribution >= 0.6 is 11.6 Å². The second kappa shape index (κ2) is 8.91. The summed E-state index contributed by atoms with van der Waals surface area (Å²) in [5, 5.41) is 7.19. The van der Waals surface area contributed by atoms with Gasteiger partial charge < -0.3 is 0 Å². The summed E-state index contributed by atoms with van der Waals surface area (Å²) in [4.78, 5) is 15.6. The number of carbonyl (C=O) groups excluding carboxylic acids is 1. The van der Waals surface area contributed by atoms with Gasteiger partial charge in [0, 0.05) is 11.4 Å². The molecular weight excluding hydrogens is 394 g/mol. The van der Waals surface area contributed by atoms with Gasteiger partial charge in [-0.25, -0.2) is 5.01 Å². The summed E-state index contributed by atoms with van der Waals surface area (Å²) in [5.74, 6) is 0.793. The van der Waals surface area contributed by atoms with Gasteiger partial charge in [-0.2, -0.15) is 5.10 Å². The fourth-order valence-corrected chi connectivity index (χ4v) is 4.57. The van der Waals surface area contributed by atoms with Crippen molar-refractivity contribution in [3.63, 3.8) is 0 Å². The van der Waals surface area contributed by atoms with E-state index in [4.69, 9.17) is 16.7 Å². The van der Waals surface area contributed by atoms with Crippen molar-refractivity contribution in [2.24, 2.45) is 11.0 Å². The number of hydrogen-bond acceptors (Lipinski definition) is 3. The highest BCUT2D eigenvalue weighted by Crippen LogP contribution is 2.36. The van der Waals surface area contributed by atoms with Crippen LogP contribution in [0.25, 0.3) is 0 Å². The molecule has 1 saturated heterocycles. The van der Waals surface area contributed by atoms with Crippen molar-refractivity contribution in [2.45, 2.75) is 46.1 Å². The summed E-state index contributed by atoms with van der Waals surface area (Å²) in [6, 6.07) is 14.0. The van der Waals surface area contributed by atoms with Crippen LogP contribution in [-0.2, 0) is 4.79 Å². The first-order valence-electron chi connectivity index (χ1n) is 10.9. The Morgan fingerprint density at radius 2 is 1.83 bits per heavy atom.